The fraction of sp³-hybridized carbons (Fsp3) is 0.400. The molecule has 12 nitrogen and oxygen atoms in total. The van der Waals surface area contributed by atoms with Crippen LogP contribution in [0.2, 0.25) is 0 Å². The van der Waals surface area contributed by atoms with Crippen LogP contribution in [0.25, 0.3) is 11.1 Å². The van der Waals surface area contributed by atoms with Gasteiger partial charge < -0.3 is 24.7 Å². The molecule has 1 aromatic carbocycles. The number of aliphatic hydroxyl groups is 2. The highest BCUT2D eigenvalue weighted by atomic mass is 31.2. The van der Waals surface area contributed by atoms with Gasteiger partial charge in [-0.2, -0.15) is 0 Å². The van der Waals surface area contributed by atoms with Crippen LogP contribution in [-0.2, 0) is 20.4 Å². The average Bonchev–Trinajstić information content (AvgIpc) is 3.15. The Kier molecular flexibility index (Phi) is 9.91. The highest BCUT2D eigenvalue weighted by molar-refractivity contribution is 7.46. The summed E-state index contributed by atoms with van der Waals surface area (Å²) in [7, 11) is -4.84. The molecule has 206 valence electrons. The van der Waals surface area contributed by atoms with Crippen molar-refractivity contribution in [3.05, 3.63) is 87.0 Å². The van der Waals surface area contributed by atoms with Gasteiger partial charge >= 0.3 is 13.5 Å². The van der Waals surface area contributed by atoms with Crippen molar-refractivity contribution in [3.63, 3.8) is 0 Å². The molecule has 0 radical (unpaired) electrons. The summed E-state index contributed by atoms with van der Waals surface area (Å²) in [5.41, 5.74) is 1.69. The summed E-state index contributed by atoms with van der Waals surface area (Å²) in [5.74, 6) is 0. The summed E-state index contributed by atoms with van der Waals surface area (Å²) < 4.78 is 22.6. The molecule has 1 fully saturated rings. The number of phosphoric ester groups is 1. The zero-order chi connectivity index (χ0) is 28.0. The summed E-state index contributed by atoms with van der Waals surface area (Å²) in [6, 6.07) is 12.5. The molecule has 38 heavy (non-hydrogen) atoms. The van der Waals surface area contributed by atoms with Crippen molar-refractivity contribution in [3.8, 4) is 11.1 Å². The van der Waals surface area contributed by atoms with Crippen LogP contribution in [0.15, 0.2) is 64.4 Å². The normalized spacial score (nSPS) is 21.1. The number of aliphatic hydroxyl groups excluding tert-OH is 2. The number of hydrogen-bond acceptors (Lipinski definition) is 8. The number of nitrogens with zero attached hydrogens (tertiary/aromatic N) is 3. The van der Waals surface area contributed by atoms with Crippen molar-refractivity contribution in [1.29, 1.82) is 0 Å². The first-order valence-electron chi connectivity index (χ1n) is 12.0. The van der Waals surface area contributed by atoms with Gasteiger partial charge in [-0.3, -0.25) is 23.4 Å². The smallest absolute Gasteiger partial charge is 0.387 e. The van der Waals surface area contributed by atoms with Gasteiger partial charge in [-0.25, -0.2) is 9.36 Å². The lowest BCUT2D eigenvalue weighted by atomic mass is 10.0. The maximum absolute atomic E-state index is 13.2. The minimum absolute atomic E-state index is 0.152. The van der Waals surface area contributed by atoms with Crippen molar-refractivity contribution >= 4 is 7.82 Å². The Morgan fingerprint density at radius 3 is 2.34 bits per heavy atom. The first-order valence-corrected chi connectivity index (χ1v) is 13.5. The Morgan fingerprint density at radius 1 is 1.05 bits per heavy atom. The van der Waals surface area contributed by atoms with E-state index < -0.39 is 50.2 Å². The molecule has 3 heterocycles. The van der Waals surface area contributed by atoms with Crippen molar-refractivity contribution in [2.45, 2.75) is 58.3 Å². The monoisotopic (exact) mass is 549 g/mol. The van der Waals surface area contributed by atoms with Gasteiger partial charge in [0, 0.05) is 18.5 Å². The van der Waals surface area contributed by atoms with E-state index in [0.29, 0.717) is 5.69 Å². The fourth-order valence-electron chi connectivity index (χ4n) is 3.96. The van der Waals surface area contributed by atoms with Gasteiger partial charge in [-0.05, 0) is 29.7 Å². The number of aromatic nitrogens is 3. The summed E-state index contributed by atoms with van der Waals surface area (Å²) in [4.78, 5) is 47.8. The maximum atomic E-state index is 13.2. The van der Waals surface area contributed by atoms with Crippen molar-refractivity contribution in [2.24, 2.45) is 0 Å². The van der Waals surface area contributed by atoms with Gasteiger partial charge in [-0.1, -0.05) is 50.6 Å². The number of hydrogen-bond donors (Lipinski definition) is 4. The lowest BCUT2D eigenvalue weighted by Gasteiger charge is -2.19. The van der Waals surface area contributed by atoms with Crippen LogP contribution in [0.1, 0.15) is 37.8 Å². The highest BCUT2D eigenvalue weighted by Gasteiger charge is 2.45. The minimum Gasteiger partial charge on any atom is -0.387 e. The van der Waals surface area contributed by atoms with Crippen LogP contribution in [0.3, 0.4) is 0 Å². The molecule has 0 spiro atoms. The average molecular weight is 550 g/mol. The summed E-state index contributed by atoms with van der Waals surface area (Å²) in [5, 5.41) is 20.6. The van der Waals surface area contributed by atoms with Crippen LogP contribution in [0.4, 0.5) is 0 Å². The lowest BCUT2D eigenvalue weighted by Crippen LogP contribution is -2.43. The molecule has 3 aromatic rings. The van der Waals surface area contributed by atoms with Gasteiger partial charge in [0.1, 0.15) is 18.3 Å². The molecule has 4 atom stereocenters. The topological polar surface area (TPSA) is 173 Å². The molecule has 2 aromatic heterocycles. The van der Waals surface area contributed by atoms with E-state index in [1.165, 1.54) is 6.42 Å². The summed E-state index contributed by atoms with van der Waals surface area (Å²) in [6.45, 7) is 5.22. The zero-order valence-electron chi connectivity index (χ0n) is 21.2. The van der Waals surface area contributed by atoms with Crippen molar-refractivity contribution in [2.75, 3.05) is 6.61 Å². The van der Waals surface area contributed by atoms with E-state index in [0.717, 1.165) is 38.1 Å². The van der Waals surface area contributed by atoms with Crippen molar-refractivity contribution < 1.29 is 33.8 Å². The van der Waals surface area contributed by atoms with E-state index in [1.807, 2.05) is 43.3 Å². The largest absolute Gasteiger partial charge is 0.469 e. The van der Waals surface area contributed by atoms with Gasteiger partial charge in [0.2, 0.25) is 0 Å². The van der Waals surface area contributed by atoms with Crippen LogP contribution < -0.4 is 11.2 Å². The Balaban J connectivity index is 0.00000127. The van der Waals surface area contributed by atoms with E-state index in [2.05, 4.69) is 23.4 Å². The summed E-state index contributed by atoms with van der Waals surface area (Å²) in [6.07, 6.45) is -1.99. The predicted molar refractivity (Wildman–Crippen MR) is 138 cm³/mol. The third kappa shape index (κ3) is 6.91. The fourth-order valence-corrected chi connectivity index (χ4v) is 4.30. The molecule has 0 amide bonds. The van der Waals surface area contributed by atoms with Gasteiger partial charge in [0.15, 0.2) is 6.23 Å². The first-order chi connectivity index (χ1) is 18.0. The molecule has 4 rings (SSSR count). The Morgan fingerprint density at radius 2 is 1.71 bits per heavy atom. The number of benzene rings is 1. The molecule has 13 heteroatoms. The molecule has 0 saturated carbocycles. The minimum atomic E-state index is -4.84. The second-order valence-electron chi connectivity index (χ2n) is 8.77. The van der Waals surface area contributed by atoms with Crippen LogP contribution >= 0.6 is 7.82 Å². The molecule has 4 N–H and O–H groups in total. The van der Waals surface area contributed by atoms with E-state index >= 15 is 0 Å². The Bertz CT molecular complexity index is 1390. The van der Waals surface area contributed by atoms with E-state index in [9.17, 15) is 24.4 Å². The quantitative estimate of drug-likeness (QED) is 0.317. The van der Waals surface area contributed by atoms with E-state index in [-0.39, 0.29) is 6.54 Å². The molecule has 0 bridgehead atoms. The van der Waals surface area contributed by atoms with Gasteiger partial charge in [0.05, 0.1) is 18.8 Å². The first kappa shape index (κ1) is 29.6. The standard InChI is InChI=1S/C22H24N3O9P.C3H8/c1-13-15(14-5-3-2-4-6-14)7-9-23-16(13)11-25-18(26)8-10-24(22(25)29)21-20(28)19(27)17(34-21)12-33-35(30,31)32;1-3-2/h2-10,17,19-21,27-28H,11-12H2,1H3,(H2,30,31,32);3H2,1-2H3. The van der Waals surface area contributed by atoms with Crippen molar-refractivity contribution in [1.82, 2.24) is 14.1 Å². The maximum Gasteiger partial charge on any atom is 0.469 e. The molecule has 4 unspecified atom stereocenters. The zero-order valence-corrected chi connectivity index (χ0v) is 22.1. The predicted octanol–water partition coefficient (Wildman–Crippen LogP) is 1.57. The molecule has 1 aliphatic rings. The van der Waals surface area contributed by atoms with E-state index in [1.54, 1.807) is 6.20 Å². The van der Waals surface area contributed by atoms with Crippen LogP contribution in [-0.4, -0.2) is 59.0 Å². The Hall–Kier alpha value is -2.96. The summed E-state index contributed by atoms with van der Waals surface area (Å²) >= 11 is 0. The third-order valence-electron chi connectivity index (χ3n) is 5.81. The molecular formula is C25H32N3O9P. The number of phosphoric acid groups is 1. The molecule has 0 aliphatic carbocycles. The molecule has 1 aliphatic heterocycles. The number of rotatable bonds is 7. The lowest BCUT2D eigenvalue weighted by molar-refractivity contribution is -0.0548. The van der Waals surface area contributed by atoms with Crippen LogP contribution in [0, 0.1) is 6.92 Å². The van der Waals surface area contributed by atoms with Crippen LogP contribution in [0.5, 0.6) is 0 Å². The second kappa shape index (κ2) is 12.7. The second-order valence-corrected chi connectivity index (χ2v) is 10.0. The van der Waals surface area contributed by atoms with Gasteiger partial charge in [0.25, 0.3) is 5.56 Å². The SMILES string of the molecule is CCC.Cc1c(-c2ccccc2)ccnc1Cn1c(=O)ccn(C2OC(COP(=O)(O)O)C(O)C2O)c1=O. The number of pyridine rings is 1. The third-order valence-corrected chi connectivity index (χ3v) is 6.30. The Labute approximate surface area is 219 Å². The number of ether oxygens (including phenoxy) is 1. The van der Waals surface area contributed by atoms with Gasteiger partial charge in [-0.15, -0.1) is 0 Å². The van der Waals surface area contributed by atoms with E-state index in [4.69, 9.17) is 14.5 Å². The molecular weight excluding hydrogens is 517 g/mol. The molecule has 1 saturated heterocycles. The highest BCUT2D eigenvalue weighted by Crippen LogP contribution is 2.38.